The van der Waals surface area contributed by atoms with Gasteiger partial charge >= 0.3 is 0 Å². The van der Waals surface area contributed by atoms with Crippen LogP contribution in [0.1, 0.15) is 47.9 Å². The van der Waals surface area contributed by atoms with Gasteiger partial charge in [0, 0.05) is 12.6 Å². The van der Waals surface area contributed by atoms with Gasteiger partial charge in [-0.2, -0.15) is 0 Å². The van der Waals surface area contributed by atoms with Crippen molar-refractivity contribution < 1.29 is 0 Å². The molecule has 0 N–H and O–H groups in total. The molecule has 1 aliphatic heterocycles. The largest absolute Gasteiger partial charge is 0.296 e. The molecule has 21 heavy (non-hydrogen) atoms. The number of benzene rings is 2. The molecule has 1 heterocycles. The smallest absolute Gasteiger partial charge is 0.0351 e. The van der Waals surface area contributed by atoms with E-state index in [0.717, 1.165) is 5.92 Å². The van der Waals surface area contributed by atoms with Gasteiger partial charge < -0.3 is 0 Å². The molecule has 1 heteroatoms. The first kappa shape index (κ1) is 13.1. The van der Waals surface area contributed by atoms with Crippen LogP contribution >= 0.6 is 0 Å². The molecule has 2 atom stereocenters. The molecule has 0 saturated carbocycles. The van der Waals surface area contributed by atoms with Crippen LogP contribution in [-0.4, -0.2) is 18.0 Å². The van der Waals surface area contributed by atoms with Crippen LogP contribution in [0, 0.1) is 0 Å². The molecule has 4 rings (SSSR count). The zero-order valence-electron chi connectivity index (χ0n) is 12.5. The van der Waals surface area contributed by atoms with Crippen molar-refractivity contribution in [2.24, 2.45) is 0 Å². The van der Waals surface area contributed by atoms with Gasteiger partial charge in [-0.3, -0.25) is 4.90 Å². The third-order valence-electron chi connectivity index (χ3n) is 5.27. The Kier molecular flexibility index (Phi) is 3.52. The van der Waals surface area contributed by atoms with E-state index >= 15 is 0 Å². The minimum absolute atomic E-state index is 0.656. The summed E-state index contributed by atoms with van der Waals surface area (Å²) in [4.78, 5) is 2.73. The van der Waals surface area contributed by atoms with Crippen molar-refractivity contribution in [3.63, 3.8) is 0 Å². The molecular weight excluding hydrogens is 254 g/mol. The van der Waals surface area contributed by atoms with Gasteiger partial charge in [0.25, 0.3) is 0 Å². The molecular formula is C20H23N. The van der Waals surface area contributed by atoms with Gasteiger partial charge in [0.2, 0.25) is 0 Å². The Morgan fingerprint density at radius 2 is 1.67 bits per heavy atom. The van der Waals surface area contributed by atoms with Crippen LogP contribution in [0.3, 0.4) is 0 Å². The molecule has 0 spiro atoms. The maximum Gasteiger partial charge on any atom is 0.0351 e. The molecule has 1 saturated heterocycles. The molecule has 0 radical (unpaired) electrons. The fraction of sp³-hybridized carbons (Fsp3) is 0.400. The van der Waals surface area contributed by atoms with Crippen molar-refractivity contribution in [2.75, 3.05) is 13.1 Å². The highest BCUT2D eigenvalue weighted by molar-refractivity contribution is 5.33. The highest BCUT2D eigenvalue weighted by atomic mass is 15.2. The predicted octanol–water partition coefficient (Wildman–Crippen LogP) is 4.55. The highest BCUT2D eigenvalue weighted by Gasteiger charge is 2.31. The monoisotopic (exact) mass is 277 g/mol. The summed E-state index contributed by atoms with van der Waals surface area (Å²) >= 11 is 0. The summed E-state index contributed by atoms with van der Waals surface area (Å²) in [6, 6.07) is 20.8. The summed E-state index contributed by atoms with van der Waals surface area (Å²) in [6.07, 6.45) is 5.25. The predicted molar refractivity (Wildman–Crippen MR) is 87.5 cm³/mol. The molecule has 1 nitrogen and oxygen atoms in total. The number of hydrogen-bond donors (Lipinski definition) is 0. The maximum atomic E-state index is 2.73. The molecule has 2 aliphatic rings. The summed E-state index contributed by atoms with van der Waals surface area (Å²) in [5.74, 6) is 0.722. The Labute approximate surface area is 127 Å². The van der Waals surface area contributed by atoms with Gasteiger partial charge in [0.05, 0.1) is 0 Å². The highest BCUT2D eigenvalue weighted by Crippen LogP contribution is 2.39. The Morgan fingerprint density at radius 3 is 2.57 bits per heavy atom. The molecule has 2 aromatic carbocycles. The fourth-order valence-corrected chi connectivity index (χ4v) is 4.18. The normalized spacial score (nSPS) is 25.7. The van der Waals surface area contributed by atoms with E-state index in [1.54, 1.807) is 11.1 Å². The first-order valence-corrected chi connectivity index (χ1v) is 8.28. The first-order valence-electron chi connectivity index (χ1n) is 8.28. The molecule has 0 bridgehead atoms. The van der Waals surface area contributed by atoms with Crippen LogP contribution in [0.15, 0.2) is 54.6 Å². The second-order valence-electron chi connectivity index (χ2n) is 6.50. The van der Waals surface area contributed by atoms with Gasteiger partial charge in [-0.25, -0.2) is 0 Å². The Bertz CT molecular complexity index is 604. The average molecular weight is 277 g/mol. The van der Waals surface area contributed by atoms with E-state index in [0.29, 0.717) is 6.04 Å². The van der Waals surface area contributed by atoms with Gasteiger partial charge in [-0.1, -0.05) is 54.6 Å². The molecule has 0 unspecified atom stereocenters. The Balaban J connectivity index is 1.54. The van der Waals surface area contributed by atoms with Crippen molar-refractivity contribution in [1.82, 2.24) is 4.90 Å². The summed E-state index contributed by atoms with van der Waals surface area (Å²) < 4.78 is 0. The quantitative estimate of drug-likeness (QED) is 0.778. The number of hydrogen-bond acceptors (Lipinski definition) is 1. The number of aryl methyl sites for hydroxylation is 1. The number of likely N-dealkylation sites (tertiary alicyclic amines) is 1. The van der Waals surface area contributed by atoms with E-state index in [9.17, 15) is 0 Å². The summed E-state index contributed by atoms with van der Waals surface area (Å²) in [7, 11) is 0. The van der Waals surface area contributed by atoms with Crippen LogP contribution < -0.4 is 0 Å². The van der Waals surface area contributed by atoms with E-state index in [-0.39, 0.29) is 0 Å². The van der Waals surface area contributed by atoms with Crippen LogP contribution in [-0.2, 0) is 6.42 Å². The molecule has 0 amide bonds. The van der Waals surface area contributed by atoms with Crippen LogP contribution in [0.25, 0.3) is 0 Å². The number of rotatable bonds is 2. The lowest BCUT2D eigenvalue weighted by Crippen LogP contribution is -2.29. The van der Waals surface area contributed by atoms with Crippen molar-refractivity contribution >= 4 is 0 Å². The lowest BCUT2D eigenvalue weighted by Gasteiger charge is -2.33. The minimum Gasteiger partial charge on any atom is -0.296 e. The average Bonchev–Trinajstić information content (AvgIpc) is 3.05. The van der Waals surface area contributed by atoms with Crippen LogP contribution in [0.5, 0.6) is 0 Å². The van der Waals surface area contributed by atoms with Crippen LogP contribution in [0.4, 0.5) is 0 Å². The number of fused-ring (bicyclic) bond motifs is 1. The van der Waals surface area contributed by atoms with E-state index < -0.39 is 0 Å². The molecule has 1 fully saturated rings. The van der Waals surface area contributed by atoms with Gasteiger partial charge in [-0.05, 0) is 54.8 Å². The summed E-state index contributed by atoms with van der Waals surface area (Å²) in [5.41, 5.74) is 4.69. The van der Waals surface area contributed by atoms with E-state index in [4.69, 9.17) is 0 Å². The second-order valence-corrected chi connectivity index (χ2v) is 6.50. The molecule has 0 aromatic heterocycles. The van der Waals surface area contributed by atoms with E-state index in [1.165, 1.54) is 44.3 Å². The van der Waals surface area contributed by atoms with Crippen LogP contribution in [0.2, 0.25) is 0 Å². The maximum absolute atomic E-state index is 2.73. The zero-order valence-corrected chi connectivity index (χ0v) is 12.5. The third-order valence-corrected chi connectivity index (χ3v) is 5.27. The second kappa shape index (κ2) is 5.65. The number of nitrogens with zero attached hydrogens (tertiary/aromatic N) is 1. The molecule has 2 aromatic rings. The molecule has 1 aliphatic carbocycles. The van der Waals surface area contributed by atoms with E-state index in [2.05, 4.69) is 59.5 Å². The molecule has 108 valence electrons. The Morgan fingerprint density at radius 1 is 0.857 bits per heavy atom. The third kappa shape index (κ3) is 2.51. The zero-order chi connectivity index (χ0) is 14.1. The Hall–Kier alpha value is -1.60. The SMILES string of the molecule is c1ccc([C@@H]2CCN([C@H]3CCCc4ccccc43)C2)cc1. The van der Waals surface area contributed by atoms with E-state index in [1.807, 2.05) is 0 Å². The summed E-state index contributed by atoms with van der Waals surface area (Å²) in [5, 5.41) is 0. The fourth-order valence-electron chi connectivity index (χ4n) is 4.18. The van der Waals surface area contributed by atoms with Crippen molar-refractivity contribution in [3.05, 3.63) is 71.3 Å². The topological polar surface area (TPSA) is 3.24 Å². The summed E-state index contributed by atoms with van der Waals surface area (Å²) in [6.45, 7) is 2.47. The van der Waals surface area contributed by atoms with Crippen molar-refractivity contribution in [2.45, 2.75) is 37.6 Å². The first-order chi connectivity index (χ1) is 10.4. The van der Waals surface area contributed by atoms with Crippen molar-refractivity contribution in [3.8, 4) is 0 Å². The van der Waals surface area contributed by atoms with Gasteiger partial charge in [0.1, 0.15) is 0 Å². The van der Waals surface area contributed by atoms with Gasteiger partial charge in [0.15, 0.2) is 0 Å². The minimum atomic E-state index is 0.656. The standard InChI is InChI=1S/C20H23N/c1-2-7-16(8-3-1)18-13-14-21(15-18)20-12-6-10-17-9-4-5-11-19(17)20/h1-5,7-9,11,18,20H,6,10,12-15H2/t18-,20+/m1/s1. The lowest BCUT2D eigenvalue weighted by atomic mass is 9.87. The lowest BCUT2D eigenvalue weighted by molar-refractivity contribution is 0.219. The van der Waals surface area contributed by atoms with Gasteiger partial charge in [-0.15, -0.1) is 0 Å². The van der Waals surface area contributed by atoms with Crippen molar-refractivity contribution in [1.29, 1.82) is 0 Å².